The van der Waals surface area contributed by atoms with Gasteiger partial charge in [0, 0.05) is 29.1 Å². The molecule has 350 valence electrons. The monoisotopic (exact) mass is 873 g/mol. The first-order valence-electron chi connectivity index (χ1n) is 24.1. The second-order valence-corrected chi connectivity index (χ2v) is 19.4. The number of aryl methyl sites for hydroxylation is 3. The topological polar surface area (TPSA) is 94.5 Å². The van der Waals surface area contributed by atoms with Crippen molar-refractivity contribution in [2.45, 2.75) is 163 Å². The number of aliphatic hydroxyl groups excluding tert-OH is 2. The first kappa shape index (κ1) is 52.1. The van der Waals surface area contributed by atoms with Gasteiger partial charge in [0.15, 0.2) is 6.29 Å². The van der Waals surface area contributed by atoms with Crippen LogP contribution in [0.15, 0.2) is 60.7 Å². The van der Waals surface area contributed by atoms with Gasteiger partial charge in [0.2, 0.25) is 0 Å². The van der Waals surface area contributed by atoms with E-state index < -0.39 is 11.4 Å². The van der Waals surface area contributed by atoms with Crippen molar-refractivity contribution >= 4 is 5.97 Å². The fourth-order valence-corrected chi connectivity index (χ4v) is 9.36. The van der Waals surface area contributed by atoms with Gasteiger partial charge in [0.05, 0.1) is 33.0 Å². The van der Waals surface area contributed by atoms with Crippen molar-refractivity contribution in [1.82, 2.24) is 0 Å². The van der Waals surface area contributed by atoms with Crippen molar-refractivity contribution in [1.29, 1.82) is 0 Å². The minimum atomic E-state index is -0.633. The predicted octanol–water partition coefficient (Wildman–Crippen LogP) is 13.1. The zero-order valence-electron chi connectivity index (χ0n) is 40.2. The van der Waals surface area contributed by atoms with Crippen LogP contribution in [0.25, 0.3) is 22.3 Å². The summed E-state index contributed by atoms with van der Waals surface area (Å²) in [5.41, 5.74) is 7.38. The molecule has 1 fully saturated rings. The number of carbonyl (C=O) groups is 1. The van der Waals surface area contributed by atoms with Crippen LogP contribution < -0.4 is 4.74 Å². The Bertz CT molecular complexity index is 1870. The largest absolute Gasteiger partial charge is 0.493 e. The van der Waals surface area contributed by atoms with E-state index in [1.165, 1.54) is 38.5 Å². The van der Waals surface area contributed by atoms with Gasteiger partial charge in [-0.25, -0.2) is 9.18 Å². The van der Waals surface area contributed by atoms with Crippen LogP contribution in [0.3, 0.4) is 0 Å². The highest BCUT2D eigenvalue weighted by molar-refractivity contribution is 5.86. The van der Waals surface area contributed by atoms with E-state index in [0.29, 0.717) is 68.8 Å². The van der Waals surface area contributed by atoms with Crippen LogP contribution in [0.2, 0.25) is 0 Å². The van der Waals surface area contributed by atoms with Gasteiger partial charge in [-0.15, -0.1) is 0 Å². The number of halogens is 1. The summed E-state index contributed by atoms with van der Waals surface area (Å²) in [5.74, 6) is 1.43. The average Bonchev–Trinajstić information content (AvgIpc) is 3.27. The number of unbranched alkanes of at least 4 members (excludes halogenated alkanes) is 2. The van der Waals surface area contributed by atoms with Crippen LogP contribution >= 0.6 is 0 Å². The summed E-state index contributed by atoms with van der Waals surface area (Å²) in [6.07, 6.45) is 14.9. The first-order chi connectivity index (χ1) is 30.2. The maximum atomic E-state index is 16.1. The van der Waals surface area contributed by atoms with E-state index in [1.807, 2.05) is 12.1 Å². The van der Waals surface area contributed by atoms with E-state index in [0.717, 1.165) is 76.3 Å². The second kappa shape index (κ2) is 25.8. The van der Waals surface area contributed by atoms with Crippen LogP contribution in [0.1, 0.15) is 160 Å². The first-order valence-corrected chi connectivity index (χ1v) is 24.1. The number of carbonyl (C=O) groups excluding carboxylic acids is 1. The number of hydrogen-bond acceptors (Lipinski definition) is 7. The molecule has 0 amide bonds. The maximum Gasteiger partial charge on any atom is 0.333 e. The molecule has 0 bridgehead atoms. The van der Waals surface area contributed by atoms with Gasteiger partial charge >= 0.3 is 5.97 Å². The fourth-order valence-electron chi connectivity index (χ4n) is 9.36. The van der Waals surface area contributed by atoms with E-state index in [1.54, 1.807) is 20.1 Å². The van der Waals surface area contributed by atoms with Crippen molar-refractivity contribution in [2.24, 2.45) is 16.7 Å². The Labute approximate surface area is 380 Å². The summed E-state index contributed by atoms with van der Waals surface area (Å²) < 4.78 is 40.2. The van der Waals surface area contributed by atoms with Gasteiger partial charge in [-0.1, -0.05) is 111 Å². The molecule has 63 heavy (non-hydrogen) atoms. The molecule has 3 aromatic rings. The molecular formula is C55H81FO7. The van der Waals surface area contributed by atoms with Crippen LogP contribution in [-0.2, 0) is 38.3 Å². The highest BCUT2D eigenvalue weighted by atomic mass is 19.1. The summed E-state index contributed by atoms with van der Waals surface area (Å²) in [6.45, 7) is 18.9. The molecule has 1 aliphatic rings. The Hall–Kier alpha value is -3.56. The standard InChI is InChI=1S/C55H81FO7/c1-10-13-14-17-40-20-22-42(23-21-40)43-24-27-49(50(56)36-43)44-25-26-48(41(12-3)33-44)47-34-45(18-15-30-62-52(59)39(4)5)51(61-32-29-55(37-57,38-58)28-11-2)46(35-47)19-16-31-63-53(60-9)54(6,7)8/h24-27,33-36,40,42,53,57-58H,4,10-23,28-32,37-38H2,1-3,5-9H3. The van der Waals surface area contributed by atoms with Gasteiger partial charge in [-0.2, -0.15) is 0 Å². The third-order valence-electron chi connectivity index (χ3n) is 13.2. The minimum absolute atomic E-state index is 0.122. The highest BCUT2D eigenvalue weighted by Gasteiger charge is 2.29. The number of hydrogen-bond donors (Lipinski definition) is 2. The summed E-state index contributed by atoms with van der Waals surface area (Å²) in [5, 5.41) is 20.6. The molecule has 0 radical (unpaired) electrons. The molecule has 1 atom stereocenters. The van der Waals surface area contributed by atoms with Crippen molar-refractivity contribution < 1.29 is 38.3 Å². The Morgan fingerprint density at radius 3 is 2.02 bits per heavy atom. The number of methoxy groups -OCH3 is 1. The molecule has 0 aromatic heterocycles. The Kier molecular flexibility index (Phi) is 21.3. The van der Waals surface area contributed by atoms with E-state index in [-0.39, 0.29) is 37.3 Å². The Morgan fingerprint density at radius 2 is 1.44 bits per heavy atom. The molecule has 0 saturated heterocycles. The highest BCUT2D eigenvalue weighted by Crippen LogP contribution is 2.41. The van der Waals surface area contributed by atoms with Crippen molar-refractivity contribution in [3.8, 4) is 28.0 Å². The molecule has 8 heteroatoms. The molecule has 1 aliphatic carbocycles. The Morgan fingerprint density at radius 1 is 0.794 bits per heavy atom. The minimum Gasteiger partial charge on any atom is -0.493 e. The molecule has 0 spiro atoms. The summed E-state index contributed by atoms with van der Waals surface area (Å²) in [4.78, 5) is 12.3. The third-order valence-corrected chi connectivity index (χ3v) is 13.2. The molecule has 2 N–H and O–H groups in total. The van der Waals surface area contributed by atoms with Gasteiger partial charge in [0.1, 0.15) is 11.6 Å². The van der Waals surface area contributed by atoms with Gasteiger partial charge in [-0.3, -0.25) is 0 Å². The lowest BCUT2D eigenvalue weighted by Gasteiger charge is -2.30. The van der Waals surface area contributed by atoms with Gasteiger partial charge < -0.3 is 29.2 Å². The lowest BCUT2D eigenvalue weighted by atomic mass is 9.77. The van der Waals surface area contributed by atoms with E-state index in [2.05, 4.69) is 78.5 Å². The summed E-state index contributed by atoms with van der Waals surface area (Å²) in [7, 11) is 1.67. The Balaban J connectivity index is 1.69. The summed E-state index contributed by atoms with van der Waals surface area (Å²) in [6, 6.07) is 16.6. The molecule has 7 nitrogen and oxygen atoms in total. The van der Waals surface area contributed by atoms with Crippen molar-refractivity contribution in [2.75, 3.05) is 40.1 Å². The van der Waals surface area contributed by atoms with Crippen LogP contribution in [0.5, 0.6) is 5.75 Å². The van der Waals surface area contributed by atoms with Crippen LogP contribution in [-0.4, -0.2) is 62.6 Å². The SMILES string of the molecule is C=C(C)C(=O)OCCCc1cc(-c2ccc(-c3ccc(C4CCC(CCCCC)CC4)cc3F)cc2CC)cc(CCCOC(OC)C(C)(C)C)c1OCCC(CO)(CO)CCC. The van der Waals surface area contributed by atoms with Crippen molar-refractivity contribution in [3.05, 3.63) is 88.8 Å². The molecule has 1 saturated carbocycles. The van der Waals surface area contributed by atoms with E-state index in [4.69, 9.17) is 18.9 Å². The quantitative estimate of drug-likeness (QED) is 0.0341. The van der Waals surface area contributed by atoms with Crippen LogP contribution in [0, 0.1) is 22.6 Å². The zero-order valence-corrected chi connectivity index (χ0v) is 40.2. The maximum absolute atomic E-state index is 16.1. The molecule has 0 heterocycles. The number of esters is 1. The third kappa shape index (κ3) is 15.3. The fraction of sp³-hybridized carbons (Fsp3) is 0.618. The molecular weight excluding hydrogens is 792 g/mol. The molecule has 3 aromatic carbocycles. The lowest BCUT2D eigenvalue weighted by Crippen LogP contribution is -2.32. The van der Waals surface area contributed by atoms with E-state index >= 15 is 4.39 Å². The van der Waals surface area contributed by atoms with Crippen molar-refractivity contribution in [3.63, 3.8) is 0 Å². The average molecular weight is 873 g/mol. The van der Waals surface area contributed by atoms with E-state index in [9.17, 15) is 15.0 Å². The second-order valence-electron chi connectivity index (χ2n) is 19.4. The lowest BCUT2D eigenvalue weighted by molar-refractivity contribution is -0.179. The zero-order chi connectivity index (χ0) is 46.0. The normalized spacial score (nSPS) is 16.2. The number of aliphatic hydroxyl groups is 2. The smallest absolute Gasteiger partial charge is 0.333 e. The van der Waals surface area contributed by atoms with Gasteiger partial charge in [0.25, 0.3) is 0 Å². The molecule has 1 unspecified atom stereocenters. The molecule has 0 aliphatic heterocycles. The summed E-state index contributed by atoms with van der Waals surface area (Å²) >= 11 is 0. The number of ether oxygens (including phenoxy) is 4. The van der Waals surface area contributed by atoms with Crippen LogP contribution in [0.4, 0.5) is 4.39 Å². The van der Waals surface area contributed by atoms with Gasteiger partial charge in [-0.05, 0) is 147 Å². The molecule has 4 rings (SSSR count). The number of benzene rings is 3. The predicted molar refractivity (Wildman–Crippen MR) is 256 cm³/mol. The number of rotatable bonds is 27.